The maximum Gasteiger partial charge on any atom is 0.258 e. The van der Waals surface area contributed by atoms with Gasteiger partial charge in [-0.25, -0.2) is 4.39 Å². The van der Waals surface area contributed by atoms with E-state index >= 15 is 0 Å². The molecule has 0 aliphatic carbocycles. The van der Waals surface area contributed by atoms with Crippen LogP contribution in [0.4, 0.5) is 10.1 Å². The van der Waals surface area contributed by atoms with E-state index in [1.165, 1.54) is 12.1 Å². The van der Waals surface area contributed by atoms with Gasteiger partial charge in [0.1, 0.15) is 5.82 Å². The molecule has 0 spiro atoms. The first-order chi connectivity index (χ1) is 14.8. The van der Waals surface area contributed by atoms with Gasteiger partial charge in [0, 0.05) is 24.3 Å². The number of anilines is 1. The van der Waals surface area contributed by atoms with Crippen molar-refractivity contribution in [1.82, 2.24) is 4.98 Å². The Hall–Kier alpha value is -2.51. The Labute approximate surface area is 207 Å². The smallest absolute Gasteiger partial charge is 0.258 e. The summed E-state index contributed by atoms with van der Waals surface area (Å²) >= 11 is 0. The summed E-state index contributed by atoms with van der Waals surface area (Å²) in [5.41, 5.74) is 17.6. The zero-order valence-corrected chi connectivity index (χ0v) is 20.7. The molecule has 33 heavy (non-hydrogen) atoms. The van der Waals surface area contributed by atoms with E-state index in [0.29, 0.717) is 23.8 Å². The molecule has 0 aliphatic heterocycles. The second-order valence-electron chi connectivity index (χ2n) is 8.01. The van der Waals surface area contributed by atoms with Crippen molar-refractivity contribution in [3.8, 4) is 11.1 Å². The van der Waals surface area contributed by atoms with Gasteiger partial charge in [0.25, 0.3) is 5.91 Å². The Balaban J connectivity index is 0.00000272. The molecule has 3 rings (SSSR count). The van der Waals surface area contributed by atoms with E-state index in [2.05, 4.69) is 19.2 Å². The number of carbonyl (C=O) groups excluding carboxylic acids is 1. The van der Waals surface area contributed by atoms with Crippen LogP contribution in [-0.4, -0.2) is 10.9 Å². The lowest BCUT2D eigenvalue weighted by molar-refractivity contribution is 0.102. The number of pyridine rings is 1. The number of hydrogen-bond acceptors (Lipinski definition) is 4. The summed E-state index contributed by atoms with van der Waals surface area (Å²) in [4.78, 5) is 17.7. The van der Waals surface area contributed by atoms with Gasteiger partial charge < -0.3 is 16.8 Å². The predicted molar refractivity (Wildman–Crippen MR) is 138 cm³/mol. The van der Waals surface area contributed by atoms with Crippen LogP contribution in [0.3, 0.4) is 0 Å². The van der Waals surface area contributed by atoms with Gasteiger partial charge in [-0.2, -0.15) is 0 Å². The van der Waals surface area contributed by atoms with E-state index in [1.807, 2.05) is 31.2 Å². The van der Waals surface area contributed by atoms with E-state index in [4.69, 9.17) is 16.5 Å². The van der Waals surface area contributed by atoms with Crippen LogP contribution in [0.5, 0.6) is 0 Å². The quantitative estimate of drug-likeness (QED) is 0.410. The maximum absolute atomic E-state index is 14.2. The highest BCUT2D eigenvalue weighted by atomic mass is 35.5. The van der Waals surface area contributed by atoms with Crippen LogP contribution < -0.4 is 16.8 Å². The van der Waals surface area contributed by atoms with Gasteiger partial charge in [0.2, 0.25) is 0 Å². The molecule has 5 nitrogen and oxygen atoms in total. The van der Waals surface area contributed by atoms with Crippen LogP contribution in [0.25, 0.3) is 11.1 Å². The molecule has 0 bridgehead atoms. The fraction of sp³-hybridized carbons (Fsp3) is 0.280. The second kappa shape index (κ2) is 12.7. The average molecular weight is 493 g/mol. The van der Waals surface area contributed by atoms with Crippen molar-refractivity contribution in [3.05, 3.63) is 82.4 Å². The standard InChI is InChI=1S/C25H29FN4O.2ClH/c1-15(2)12-22-20(14-28)23(18-10-8-17(13-27)9-11-18)24(16(3)29-22)30-25(31)19-6-4-5-7-21(19)26;;/h4-11,15H,12-14,27-28H2,1-3H3,(H,30,31);2*1H. The van der Waals surface area contributed by atoms with Crippen molar-refractivity contribution in [2.24, 2.45) is 17.4 Å². The van der Waals surface area contributed by atoms with Gasteiger partial charge >= 0.3 is 0 Å². The number of hydrogen-bond donors (Lipinski definition) is 3. The zero-order valence-electron chi connectivity index (χ0n) is 19.0. The first-order valence-electron chi connectivity index (χ1n) is 10.4. The number of halogens is 3. The molecule has 0 saturated carbocycles. The number of rotatable bonds is 7. The summed E-state index contributed by atoms with van der Waals surface area (Å²) in [7, 11) is 0. The SMILES string of the molecule is Cc1nc(CC(C)C)c(CN)c(-c2ccc(CN)cc2)c1NC(=O)c1ccccc1F.Cl.Cl. The third-order valence-corrected chi connectivity index (χ3v) is 5.21. The number of aryl methyl sites for hydroxylation is 1. The predicted octanol–water partition coefficient (Wildman–Crippen LogP) is 5.41. The first kappa shape index (κ1) is 28.5. The third-order valence-electron chi connectivity index (χ3n) is 5.21. The Kier molecular flexibility index (Phi) is 10.9. The van der Waals surface area contributed by atoms with Crippen molar-refractivity contribution in [2.45, 2.75) is 40.3 Å². The van der Waals surface area contributed by atoms with Gasteiger partial charge in [0.15, 0.2) is 0 Å². The average Bonchev–Trinajstić information content (AvgIpc) is 2.75. The monoisotopic (exact) mass is 492 g/mol. The van der Waals surface area contributed by atoms with Crippen LogP contribution in [0, 0.1) is 18.7 Å². The first-order valence-corrected chi connectivity index (χ1v) is 10.4. The molecule has 1 amide bonds. The van der Waals surface area contributed by atoms with E-state index < -0.39 is 11.7 Å². The molecule has 0 saturated heterocycles. The van der Waals surface area contributed by atoms with Crippen molar-refractivity contribution in [3.63, 3.8) is 0 Å². The minimum Gasteiger partial charge on any atom is -0.326 e. The van der Waals surface area contributed by atoms with E-state index in [1.54, 1.807) is 12.1 Å². The number of nitrogens with two attached hydrogens (primary N) is 2. The molecule has 0 radical (unpaired) electrons. The molecule has 0 atom stereocenters. The molecule has 1 heterocycles. The molecule has 178 valence electrons. The van der Waals surface area contributed by atoms with Gasteiger partial charge in [0.05, 0.1) is 16.9 Å². The fourth-order valence-corrected chi connectivity index (χ4v) is 3.68. The number of amides is 1. The largest absolute Gasteiger partial charge is 0.326 e. The second-order valence-corrected chi connectivity index (χ2v) is 8.01. The number of carbonyl (C=O) groups is 1. The van der Waals surface area contributed by atoms with Crippen LogP contribution in [-0.2, 0) is 19.5 Å². The molecule has 8 heteroatoms. The fourth-order valence-electron chi connectivity index (χ4n) is 3.68. The summed E-state index contributed by atoms with van der Waals surface area (Å²) < 4.78 is 14.2. The molecular formula is C25H31Cl2FN4O. The lowest BCUT2D eigenvalue weighted by atomic mass is 9.92. The molecule has 0 fully saturated rings. The van der Waals surface area contributed by atoms with Crippen LogP contribution in [0.1, 0.15) is 46.7 Å². The summed E-state index contributed by atoms with van der Waals surface area (Å²) in [6.45, 7) is 6.81. The number of nitrogens with one attached hydrogen (secondary N) is 1. The molecule has 2 aromatic carbocycles. The van der Waals surface area contributed by atoms with Crippen LogP contribution >= 0.6 is 24.8 Å². The van der Waals surface area contributed by atoms with Gasteiger partial charge in [-0.3, -0.25) is 9.78 Å². The topological polar surface area (TPSA) is 94.0 Å². The number of benzene rings is 2. The number of aromatic nitrogens is 1. The Morgan fingerprint density at radius 3 is 2.21 bits per heavy atom. The van der Waals surface area contributed by atoms with Gasteiger partial charge in [-0.15, -0.1) is 24.8 Å². The molecule has 0 unspecified atom stereocenters. The van der Waals surface area contributed by atoms with E-state index in [0.717, 1.165) is 34.4 Å². The van der Waals surface area contributed by atoms with Gasteiger partial charge in [-0.1, -0.05) is 50.2 Å². The lowest BCUT2D eigenvalue weighted by Crippen LogP contribution is -2.18. The third kappa shape index (κ3) is 6.51. The van der Waals surface area contributed by atoms with Crippen molar-refractivity contribution < 1.29 is 9.18 Å². The molecule has 5 N–H and O–H groups in total. The van der Waals surface area contributed by atoms with Crippen molar-refractivity contribution >= 4 is 36.4 Å². The lowest BCUT2D eigenvalue weighted by Gasteiger charge is -2.21. The summed E-state index contributed by atoms with van der Waals surface area (Å²) in [6, 6.07) is 13.8. The van der Waals surface area contributed by atoms with Crippen molar-refractivity contribution in [2.75, 3.05) is 5.32 Å². The normalized spacial score (nSPS) is 10.4. The van der Waals surface area contributed by atoms with Crippen LogP contribution in [0.2, 0.25) is 0 Å². The maximum atomic E-state index is 14.2. The minimum atomic E-state index is -0.574. The van der Waals surface area contributed by atoms with E-state index in [9.17, 15) is 9.18 Å². The molecular weight excluding hydrogens is 462 g/mol. The highest BCUT2D eigenvalue weighted by Gasteiger charge is 2.22. The molecule has 3 aromatic rings. The molecule has 1 aromatic heterocycles. The highest BCUT2D eigenvalue weighted by molar-refractivity contribution is 6.07. The summed E-state index contributed by atoms with van der Waals surface area (Å²) in [5, 5.41) is 2.90. The summed E-state index contributed by atoms with van der Waals surface area (Å²) in [5.74, 6) is -0.708. The molecule has 0 aliphatic rings. The van der Waals surface area contributed by atoms with E-state index in [-0.39, 0.29) is 36.9 Å². The minimum absolute atomic E-state index is 0. The Morgan fingerprint density at radius 1 is 1.03 bits per heavy atom. The zero-order chi connectivity index (χ0) is 22.5. The highest BCUT2D eigenvalue weighted by Crippen LogP contribution is 2.36. The van der Waals surface area contributed by atoms with Crippen LogP contribution in [0.15, 0.2) is 48.5 Å². The number of nitrogens with zero attached hydrogens (tertiary/aromatic N) is 1. The van der Waals surface area contributed by atoms with Crippen molar-refractivity contribution in [1.29, 1.82) is 0 Å². The Bertz CT molecular complexity index is 1090. The van der Waals surface area contributed by atoms with Gasteiger partial charge in [-0.05, 0) is 48.1 Å². The Morgan fingerprint density at radius 2 is 1.67 bits per heavy atom. The summed E-state index contributed by atoms with van der Waals surface area (Å²) in [6.07, 6.45) is 0.767.